The molecule has 1 aliphatic rings. The Morgan fingerprint density at radius 1 is 1.17 bits per heavy atom. The minimum atomic E-state index is -4.26. The summed E-state index contributed by atoms with van der Waals surface area (Å²) >= 11 is 0. The molecule has 1 saturated heterocycles. The summed E-state index contributed by atoms with van der Waals surface area (Å²) in [6.45, 7) is 5.80. The molecule has 2 unspecified atom stereocenters. The van der Waals surface area contributed by atoms with Gasteiger partial charge in [0, 0.05) is 30.9 Å². The van der Waals surface area contributed by atoms with Gasteiger partial charge >= 0.3 is 6.18 Å². The third-order valence-corrected chi connectivity index (χ3v) is 3.29. The first kappa shape index (κ1) is 13.2. The van der Waals surface area contributed by atoms with Crippen LogP contribution >= 0.6 is 0 Å². The number of nitrogens with one attached hydrogen (secondary N) is 1. The Kier molecular flexibility index (Phi) is 3.52. The molecular formula is C13H17F3N2. The van der Waals surface area contributed by atoms with Crippen LogP contribution in [0.15, 0.2) is 24.3 Å². The monoisotopic (exact) mass is 258 g/mol. The Morgan fingerprint density at radius 2 is 1.78 bits per heavy atom. The smallest absolute Gasteiger partial charge is 0.366 e. The van der Waals surface area contributed by atoms with Crippen LogP contribution in [0.25, 0.3) is 0 Å². The first-order valence-corrected chi connectivity index (χ1v) is 6.05. The highest BCUT2D eigenvalue weighted by Crippen LogP contribution is 2.31. The van der Waals surface area contributed by atoms with E-state index in [4.69, 9.17) is 0 Å². The van der Waals surface area contributed by atoms with E-state index < -0.39 is 11.7 Å². The minimum Gasteiger partial charge on any atom is -0.366 e. The van der Waals surface area contributed by atoms with Gasteiger partial charge in [0.05, 0.1) is 5.56 Å². The van der Waals surface area contributed by atoms with Crippen molar-refractivity contribution in [3.8, 4) is 0 Å². The van der Waals surface area contributed by atoms with E-state index in [1.165, 1.54) is 0 Å². The van der Waals surface area contributed by atoms with Crippen LogP contribution in [0.4, 0.5) is 18.9 Å². The second kappa shape index (κ2) is 4.80. The largest absolute Gasteiger partial charge is 0.416 e. The molecule has 1 heterocycles. The van der Waals surface area contributed by atoms with Crippen LogP contribution in [-0.2, 0) is 6.18 Å². The van der Waals surface area contributed by atoms with Gasteiger partial charge < -0.3 is 10.2 Å². The SMILES string of the molecule is CC1CN(c2ccc(C(F)(F)F)cc2)C(C)CN1. The minimum absolute atomic E-state index is 0.290. The van der Waals surface area contributed by atoms with E-state index in [-0.39, 0.29) is 6.04 Å². The first-order chi connectivity index (χ1) is 8.38. The molecule has 1 aromatic carbocycles. The lowest BCUT2D eigenvalue weighted by Crippen LogP contribution is -2.54. The van der Waals surface area contributed by atoms with Crippen molar-refractivity contribution in [3.63, 3.8) is 0 Å². The molecule has 1 aromatic rings. The van der Waals surface area contributed by atoms with Crippen molar-refractivity contribution in [1.29, 1.82) is 0 Å². The number of nitrogens with zero attached hydrogens (tertiary/aromatic N) is 1. The molecule has 1 N–H and O–H groups in total. The van der Waals surface area contributed by atoms with Gasteiger partial charge in [0.1, 0.15) is 0 Å². The van der Waals surface area contributed by atoms with Crippen LogP contribution in [0.2, 0.25) is 0 Å². The molecule has 1 aliphatic heterocycles. The first-order valence-electron chi connectivity index (χ1n) is 6.05. The van der Waals surface area contributed by atoms with E-state index in [2.05, 4.69) is 24.1 Å². The third-order valence-electron chi connectivity index (χ3n) is 3.29. The van der Waals surface area contributed by atoms with E-state index in [0.29, 0.717) is 6.04 Å². The predicted molar refractivity (Wildman–Crippen MR) is 65.7 cm³/mol. The molecule has 0 spiro atoms. The van der Waals surface area contributed by atoms with Crippen LogP contribution in [0.5, 0.6) is 0 Å². The van der Waals surface area contributed by atoms with Gasteiger partial charge in [-0.2, -0.15) is 13.2 Å². The van der Waals surface area contributed by atoms with Gasteiger partial charge in [-0.15, -0.1) is 0 Å². The van der Waals surface area contributed by atoms with E-state index in [1.54, 1.807) is 12.1 Å². The molecule has 0 saturated carbocycles. The zero-order chi connectivity index (χ0) is 13.3. The standard InChI is InChI=1S/C13H17F3N2/c1-9-8-18(10(2)7-17-9)12-5-3-11(4-6-12)13(14,15)16/h3-6,9-10,17H,7-8H2,1-2H3. The lowest BCUT2D eigenvalue weighted by atomic mass is 10.1. The number of halogens is 3. The molecule has 0 radical (unpaired) electrons. The van der Waals surface area contributed by atoms with Crippen molar-refractivity contribution < 1.29 is 13.2 Å². The van der Waals surface area contributed by atoms with Gasteiger partial charge in [-0.05, 0) is 38.1 Å². The van der Waals surface area contributed by atoms with Crippen molar-refractivity contribution in [2.45, 2.75) is 32.1 Å². The van der Waals surface area contributed by atoms with Crippen LogP contribution in [0.1, 0.15) is 19.4 Å². The van der Waals surface area contributed by atoms with E-state index >= 15 is 0 Å². The summed E-state index contributed by atoms with van der Waals surface area (Å²) in [5.74, 6) is 0. The molecule has 0 bridgehead atoms. The Labute approximate surface area is 105 Å². The maximum atomic E-state index is 12.5. The fourth-order valence-corrected chi connectivity index (χ4v) is 2.22. The maximum Gasteiger partial charge on any atom is 0.416 e. The van der Waals surface area contributed by atoms with Gasteiger partial charge in [0.2, 0.25) is 0 Å². The number of rotatable bonds is 1. The highest BCUT2D eigenvalue weighted by atomic mass is 19.4. The molecule has 5 heteroatoms. The average Bonchev–Trinajstić information content (AvgIpc) is 2.31. The number of alkyl halides is 3. The highest BCUT2D eigenvalue weighted by molar-refractivity contribution is 5.49. The third kappa shape index (κ3) is 2.77. The Hall–Kier alpha value is -1.23. The van der Waals surface area contributed by atoms with Crippen LogP contribution in [0.3, 0.4) is 0 Å². The zero-order valence-electron chi connectivity index (χ0n) is 10.5. The molecule has 1 fully saturated rings. The molecule has 0 aromatic heterocycles. The number of benzene rings is 1. The highest BCUT2D eigenvalue weighted by Gasteiger charge is 2.30. The maximum absolute atomic E-state index is 12.5. The molecular weight excluding hydrogens is 241 g/mol. The van der Waals surface area contributed by atoms with Gasteiger partial charge in [0.25, 0.3) is 0 Å². The fraction of sp³-hybridized carbons (Fsp3) is 0.538. The van der Waals surface area contributed by atoms with Gasteiger partial charge in [-0.25, -0.2) is 0 Å². The van der Waals surface area contributed by atoms with Crippen LogP contribution in [-0.4, -0.2) is 25.2 Å². The van der Waals surface area contributed by atoms with Crippen LogP contribution in [0, 0.1) is 0 Å². The van der Waals surface area contributed by atoms with Gasteiger partial charge in [0.15, 0.2) is 0 Å². The lowest BCUT2D eigenvalue weighted by Gasteiger charge is -2.39. The Balaban J connectivity index is 2.18. The number of hydrogen-bond acceptors (Lipinski definition) is 2. The summed E-state index contributed by atoms with van der Waals surface area (Å²) in [6.07, 6.45) is -4.26. The Morgan fingerprint density at radius 3 is 2.33 bits per heavy atom. The van der Waals surface area contributed by atoms with Crippen LogP contribution < -0.4 is 10.2 Å². The predicted octanol–water partition coefficient (Wildman–Crippen LogP) is 2.89. The zero-order valence-corrected chi connectivity index (χ0v) is 10.5. The molecule has 0 aliphatic carbocycles. The normalized spacial score (nSPS) is 25.3. The molecule has 0 amide bonds. The van der Waals surface area contributed by atoms with Crippen molar-refractivity contribution >= 4 is 5.69 Å². The topological polar surface area (TPSA) is 15.3 Å². The lowest BCUT2D eigenvalue weighted by molar-refractivity contribution is -0.137. The number of hydrogen-bond donors (Lipinski definition) is 1. The van der Waals surface area contributed by atoms with E-state index in [1.807, 2.05) is 0 Å². The summed E-state index contributed by atoms with van der Waals surface area (Å²) in [5, 5.41) is 3.35. The average molecular weight is 258 g/mol. The molecule has 2 atom stereocenters. The second-order valence-electron chi connectivity index (χ2n) is 4.86. The molecule has 2 nitrogen and oxygen atoms in total. The quantitative estimate of drug-likeness (QED) is 0.833. The molecule has 2 rings (SSSR count). The van der Waals surface area contributed by atoms with Crippen molar-refractivity contribution in [2.24, 2.45) is 0 Å². The van der Waals surface area contributed by atoms with Gasteiger partial charge in [-0.3, -0.25) is 0 Å². The summed E-state index contributed by atoms with van der Waals surface area (Å²) in [5.41, 5.74) is 0.255. The molecule has 18 heavy (non-hydrogen) atoms. The summed E-state index contributed by atoms with van der Waals surface area (Å²) < 4.78 is 37.4. The fourth-order valence-electron chi connectivity index (χ4n) is 2.22. The second-order valence-corrected chi connectivity index (χ2v) is 4.86. The van der Waals surface area contributed by atoms with Gasteiger partial charge in [-0.1, -0.05) is 0 Å². The molecule has 100 valence electrons. The number of anilines is 1. The number of piperazine rings is 1. The van der Waals surface area contributed by atoms with Crippen molar-refractivity contribution in [3.05, 3.63) is 29.8 Å². The van der Waals surface area contributed by atoms with Crippen molar-refractivity contribution in [1.82, 2.24) is 5.32 Å². The summed E-state index contributed by atoms with van der Waals surface area (Å²) in [4.78, 5) is 2.14. The van der Waals surface area contributed by atoms with E-state index in [9.17, 15) is 13.2 Å². The summed E-state index contributed by atoms with van der Waals surface area (Å²) in [6, 6.07) is 6.04. The van der Waals surface area contributed by atoms with E-state index in [0.717, 1.165) is 30.9 Å². The Bertz CT molecular complexity index is 400. The summed E-state index contributed by atoms with van der Waals surface area (Å²) in [7, 11) is 0. The van der Waals surface area contributed by atoms with Crippen molar-refractivity contribution in [2.75, 3.05) is 18.0 Å².